The summed E-state index contributed by atoms with van der Waals surface area (Å²) in [6, 6.07) is 5.67. The first-order chi connectivity index (χ1) is 16.0. The van der Waals surface area contributed by atoms with Crippen molar-refractivity contribution in [1.82, 2.24) is 9.97 Å². The van der Waals surface area contributed by atoms with Gasteiger partial charge in [-0.05, 0) is 24.3 Å². The fourth-order valence-corrected chi connectivity index (χ4v) is 3.96. The van der Waals surface area contributed by atoms with Crippen LogP contribution in [0, 0.1) is 18.0 Å². The van der Waals surface area contributed by atoms with Crippen LogP contribution in [0.15, 0.2) is 46.5 Å². The van der Waals surface area contributed by atoms with Crippen LogP contribution in [-0.2, 0) is 12.4 Å². The quantitative estimate of drug-likeness (QED) is 0.137. The number of nitrogens with zero attached hydrogens (tertiary/aromatic N) is 6. The third-order valence-corrected chi connectivity index (χ3v) is 5.37. The van der Waals surface area contributed by atoms with E-state index in [0.717, 1.165) is 36.4 Å². The van der Waals surface area contributed by atoms with Crippen LogP contribution >= 0.6 is 0 Å². The molecule has 5 rings (SSSR count). The van der Waals surface area contributed by atoms with E-state index < -0.39 is 23.5 Å². The summed E-state index contributed by atoms with van der Waals surface area (Å²) >= 11 is 0. The van der Waals surface area contributed by atoms with Gasteiger partial charge in [0.05, 0.1) is 27.3 Å². The Hall–Kier alpha value is -4.58. The zero-order valence-corrected chi connectivity index (χ0v) is 16.4. The molecule has 6 nitrogen and oxygen atoms in total. The van der Waals surface area contributed by atoms with Crippen LogP contribution in [0.2, 0.25) is 0 Å². The zero-order valence-electron chi connectivity index (χ0n) is 16.4. The molecule has 5 aromatic rings. The van der Waals surface area contributed by atoms with Crippen molar-refractivity contribution >= 4 is 43.6 Å². The summed E-state index contributed by atoms with van der Waals surface area (Å²) < 4.78 is 79.5. The van der Waals surface area contributed by atoms with E-state index in [9.17, 15) is 26.3 Å². The minimum absolute atomic E-state index is 0.00378. The molecule has 0 saturated heterocycles. The van der Waals surface area contributed by atoms with Gasteiger partial charge in [0.1, 0.15) is 16.4 Å². The van der Waals surface area contributed by atoms with Crippen LogP contribution in [0.3, 0.4) is 0 Å². The SMILES string of the molecule is [C-]#[N+]/N=c1\c2cc(C(F)(F)F)ccc2c2nc3c(=NC#N)c4cc(C(F)(F)F)ccc4c3nc12. The van der Waals surface area contributed by atoms with Gasteiger partial charge in [-0.1, -0.05) is 12.1 Å². The Morgan fingerprint density at radius 3 is 1.65 bits per heavy atom. The monoisotopic (exact) mass is 468 g/mol. The molecule has 34 heavy (non-hydrogen) atoms. The predicted molar refractivity (Wildman–Crippen MR) is 108 cm³/mol. The molecule has 0 aliphatic rings. The minimum Gasteiger partial charge on any atom is -0.241 e. The van der Waals surface area contributed by atoms with Crippen LogP contribution in [0.4, 0.5) is 26.3 Å². The first kappa shape index (κ1) is 21.3. The molecule has 4 aromatic carbocycles. The Morgan fingerprint density at radius 2 is 1.21 bits per heavy atom. The van der Waals surface area contributed by atoms with E-state index in [-0.39, 0.29) is 54.3 Å². The Morgan fingerprint density at radius 1 is 0.735 bits per heavy atom. The number of hydrogen-bond acceptors (Lipinski definition) is 5. The van der Waals surface area contributed by atoms with Crippen molar-refractivity contribution in [2.24, 2.45) is 10.1 Å². The fraction of sp³-hybridized carbons (Fsp3) is 0.0909. The van der Waals surface area contributed by atoms with E-state index in [4.69, 9.17) is 11.8 Å². The van der Waals surface area contributed by atoms with E-state index in [2.05, 4.69) is 25.0 Å². The lowest BCUT2D eigenvalue weighted by Gasteiger charge is -2.05. The lowest BCUT2D eigenvalue weighted by molar-refractivity contribution is -0.138. The molecule has 0 amide bonds. The molecular weight excluding hydrogens is 462 g/mol. The summed E-state index contributed by atoms with van der Waals surface area (Å²) in [6.45, 7) is 7.07. The van der Waals surface area contributed by atoms with Crippen molar-refractivity contribution < 1.29 is 26.3 Å². The third-order valence-electron chi connectivity index (χ3n) is 5.37. The number of rotatable bonds is 0. The second kappa shape index (κ2) is 6.96. The van der Waals surface area contributed by atoms with Crippen LogP contribution in [0.1, 0.15) is 11.1 Å². The molecule has 166 valence electrons. The summed E-state index contributed by atoms with van der Waals surface area (Å²) in [5.74, 6) is 0. The van der Waals surface area contributed by atoms with Gasteiger partial charge in [0.25, 0.3) is 0 Å². The summed E-state index contributed by atoms with van der Waals surface area (Å²) in [7, 11) is 0. The topological polar surface area (TPSA) is 78.6 Å². The highest BCUT2D eigenvalue weighted by Crippen LogP contribution is 2.35. The molecule has 0 bridgehead atoms. The normalized spacial score (nSPS) is 13.9. The number of aromatic nitrogens is 2. The van der Waals surface area contributed by atoms with Crippen molar-refractivity contribution in [3.63, 3.8) is 0 Å². The third kappa shape index (κ3) is 3.03. The Kier molecular flexibility index (Phi) is 4.35. The number of hydrogen-bond donors (Lipinski definition) is 0. The molecule has 0 atom stereocenters. The van der Waals surface area contributed by atoms with Crippen LogP contribution in [-0.4, -0.2) is 9.97 Å². The highest BCUT2D eigenvalue weighted by Gasteiger charge is 2.32. The van der Waals surface area contributed by atoms with Crippen LogP contribution < -0.4 is 10.7 Å². The fourth-order valence-electron chi connectivity index (χ4n) is 3.96. The highest BCUT2D eigenvalue weighted by molar-refractivity contribution is 6.14. The van der Waals surface area contributed by atoms with Gasteiger partial charge >= 0.3 is 12.4 Å². The molecule has 0 radical (unpaired) electrons. The van der Waals surface area contributed by atoms with Gasteiger partial charge in [0.2, 0.25) is 6.19 Å². The molecule has 1 heterocycles. The molecular formula is C22H6F6N6. The van der Waals surface area contributed by atoms with E-state index in [1.807, 2.05) is 0 Å². The summed E-state index contributed by atoms with van der Waals surface area (Å²) in [6.07, 6.45) is -7.75. The molecule has 0 aliphatic heterocycles. The Bertz CT molecular complexity index is 1720. The minimum atomic E-state index is -4.64. The van der Waals surface area contributed by atoms with E-state index >= 15 is 0 Å². The number of nitriles is 1. The zero-order chi connectivity index (χ0) is 24.4. The molecule has 0 unspecified atom stereocenters. The molecule has 0 saturated carbocycles. The lowest BCUT2D eigenvalue weighted by atomic mass is 10.1. The lowest BCUT2D eigenvalue weighted by Crippen LogP contribution is -2.06. The number of benzene rings is 2. The predicted octanol–water partition coefficient (Wildman–Crippen LogP) is 5.12. The first-order valence-electron chi connectivity index (χ1n) is 9.32. The summed E-state index contributed by atoms with van der Waals surface area (Å²) in [5, 5.41) is 12.9. The maximum atomic E-state index is 13.2. The van der Waals surface area contributed by atoms with Crippen molar-refractivity contribution in [2.75, 3.05) is 0 Å². The van der Waals surface area contributed by atoms with Gasteiger partial charge in [-0.25, -0.2) is 9.97 Å². The second-order valence-corrected chi connectivity index (χ2v) is 7.24. The first-order valence-corrected chi connectivity index (χ1v) is 9.32. The van der Waals surface area contributed by atoms with Crippen molar-refractivity contribution in [3.05, 3.63) is 69.8 Å². The summed E-state index contributed by atoms with van der Waals surface area (Å²) in [4.78, 5) is 15.4. The maximum absolute atomic E-state index is 13.2. The Labute approximate surface area is 184 Å². The van der Waals surface area contributed by atoms with E-state index in [1.54, 1.807) is 6.19 Å². The second-order valence-electron chi connectivity index (χ2n) is 7.24. The van der Waals surface area contributed by atoms with Gasteiger partial charge < -0.3 is 0 Å². The highest BCUT2D eigenvalue weighted by atomic mass is 19.4. The number of alkyl halides is 6. The van der Waals surface area contributed by atoms with E-state index in [1.165, 1.54) is 0 Å². The smallest absolute Gasteiger partial charge is 0.241 e. The molecule has 0 N–H and O–H groups in total. The van der Waals surface area contributed by atoms with Gasteiger partial charge in [-0.15, -0.1) is 4.95 Å². The largest absolute Gasteiger partial charge is 0.416 e. The van der Waals surface area contributed by atoms with Gasteiger partial charge in [0.15, 0.2) is 5.36 Å². The van der Waals surface area contributed by atoms with E-state index in [0.29, 0.717) is 0 Å². The summed E-state index contributed by atoms with van der Waals surface area (Å²) in [5.41, 5.74) is -1.74. The van der Waals surface area contributed by atoms with Gasteiger partial charge in [-0.2, -0.15) is 43.2 Å². The van der Waals surface area contributed by atoms with Crippen LogP contribution in [0.25, 0.3) is 48.6 Å². The van der Waals surface area contributed by atoms with Crippen molar-refractivity contribution in [3.8, 4) is 6.19 Å². The van der Waals surface area contributed by atoms with Crippen molar-refractivity contribution in [2.45, 2.75) is 12.4 Å². The average molecular weight is 468 g/mol. The molecule has 0 aliphatic carbocycles. The molecule has 0 fully saturated rings. The number of halogens is 6. The average Bonchev–Trinajstić information content (AvgIpc) is 3.24. The standard InChI is InChI=1S/C22H6F6N6/c1-30-34-18-14-7-10(22(26,27)28)3-5-12(14)17-20(18)33-16-11-4-2-9(21(23,24)25)6-13(11)15(31-8-29)19(16)32-17/h2-7H/b31-15?,34-18+. The molecule has 0 spiro atoms. The molecule has 12 heteroatoms. The van der Waals surface area contributed by atoms with Crippen LogP contribution in [0.5, 0.6) is 0 Å². The maximum Gasteiger partial charge on any atom is 0.416 e. The van der Waals surface area contributed by atoms with Gasteiger partial charge in [0, 0.05) is 21.5 Å². The van der Waals surface area contributed by atoms with Gasteiger partial charge in [-0.3, -0.25) is 0 Å². The van der Waals surface area contributed by atoms with Crippen molar-refractivity contribution in [1.29, 1.82) is 5.26 Å². The Balaban J connectivity index is 1.99. The number of fused-ring (bicyclic) bond motifs is 6. The molecule has 1 aromatic heterocycles.